The van der Waals surface area contributed by atoms with Gasteiger partial charge in [0.1, 0.15) is 0 Å². The minimum Gasteiger partial charge on any atom is -0.310 e. The molecule has 9 rings (SSSR count). The van der Waals surface area contributed by atoms with Gasteiger partial charge in [0.25, 0.3) is 0 Å². The van der Waals surface area contributed by atoms with Crippen LogP contribution in [0.4, 0.5) is 17.1 Å². The molecule has 0 saturated carbocycles. The second kappa shape index (κ2) is 13.3. The lowest BCUT2D eigenvalue weighted by Crippen LogP contribution is -2.12. The van der Waals surface area contributed by atoms with E-state index in [4.69, 9.17) is 0 Å². The van der Waals surface area contributed by atoms with Crippen molar-refractivity contribution in [2.75, 3.05) is 4.90 Å². The van der Waals surface area contributed by atoms with Crippen LogP contribution in [0.1, 0.15) is 0 Å². The van der Waals surface area contributed by atoms with E-state index in [0.29, 0.717) is 0 Å². The van der Waals surface area contributed by atoms with E-state index < -0.39 is 0 Å². The molecule has 9 aromatic carbocycles. The quantitative estimate of drug-likeness (QED) is 0.166. The number of fused-ring (bicyclic) bond motifs is 2. The number of hydrogen-bond acceptors (Lipinski definition) is 1. The molecule has 0 aliphatic rings. The molecule has 1 heteroatoms. The summed E-state index contributed by atoms with van der Waals surface area (Å²) in [6, 6.07) is 76.7. The largest absolute Gasteiger partial charge is 0.310 e. The second-order valence-electron chi connectivity index (χ2n) is 12.9. The van der Waals surface area contributed by atoms with E-state index in [1.807, 2.05) is 0 Å². The Labute approximate surface area is 299 Å². The normalized spacial score (nSPS) is 11.1. The molecule has 0 spiro atoms. The van der Waals surface area contributed by atoms with Crippen molar-refractivity contribution in [3.8, 4) is 44.5 Å². The van der Waals surface area contributed by atoms with Crippen LogP contribution in [0.3, 0.4) is 0 Å². The van der Waals surface area contributed by atoms with E-state index >= 15 is 0 Å². The summed E-state index contributed by atoms with van der Waals surface area (Å²) in [4.78, 5) is 2.43. The van der Waals surface area contributed by atoms with Crippen LogP contribution in [0.25, 0.3) is 66.1 Å². The second-order valence-corrected chi connectivity index (χ2v) is 12.9. The third-order valence-electron chi connectivity index (χ3n) is 9.89. The van der Waals surface area contributed by atoms with Gasteiger partial charge in [0.05, 0.1) is 5.69 Å². The van der Waals surface area contributed by atoms with Gasteiger partial charge < -0.3 is 4.90 Å². The Morgan fingerprint density at radius 1 is 0.255 bits per heavy atom. The lowest BCUT2D eigenvalue weighted by molar-refractivity contribution is 1.28. The van der Waals surface area contributed by atoms with Gasteiger partial charge in [0.15, 0.2) is 0 Å². The number of benzene rings is 9. The van der Waals surface area contributed by atoms with E-state index in [2.05, 4.69) is 217 Å². The van der Waals surface area contributed by atoms with Gasteiger partial charge in [0.2, 0.25) is 0 Å². The van der Waals surface area contributed by atoms with Crippen molar-refractivity contribution in [1.82, 2.24) is 0 Å². The molecule has 0 fully saturated rings. The van der Waals surface area contributed by atoms with Gasteiger partial charge in [-0.1, -0.05) is 182 Å². The van der Waals surface area contributed by atoms with Gasteiger partial charge in [0, 0.05) is 16.9 Å². The highest BCUT2D eigenvalue weighted by atomic mass is 15.1. The first-order valence-corrected chi connectivity index (χ1v) is 17.5. The molecule has 0 aliphatic carbocycles. The molecule has 0 N–H and O–H groups in total. The molecule has 0 radical (unpaired) electrons. The summed E-state index contributed by atoms with van der Waals surface area (Å²) in [6.45, 7) is 0. The van der Waals surface area contributed by atoms with Crippen LogP contribution in [0, 0.1) is 0 Å². The Bertz CT molecular complexity index is 2510. The van der Waals surface area contributed by atoms with E-state index in [-0.39, 0.29) is 0 Å². The minimum absolute atomic E-state index is 1.10. The van der Waals surface area contributed by atoms with Crippen molar-refractivity contribution in [3.63, 3.8) is 0 Å². The predicted molar refractivity (Wildman–Crippen MR) is 218 cm³/mol. The van der Waals surface area contributed by atoms with Gasteiger partial charge >= 0.3 is 0 Å². The highest BCUT2D eigenvalue weighted by Crippen LogP contribution is 2.48. The maximum Gasteiger partial charge on any atom is 0.0546 e. The SMILES string of the molecule is c1ccc(-c2ccc(N(c3ccc(-c4ccccc4)cc3)c3cccc(-c4cccc5ccccc45)c3-c3cccc4ccccc34)cc2)cc1. The van der Waals surface area contributed by atoms with Gasteiger partial charge in [-0.2, -0.15) is 0 Å². The molecule has 0 aromatic heterocycles. The smallest absolute Gasteiger partial charge is 0.0546 e. The number of hydrogen-bond donors (Lipinski definition) is 0. The van der Waals surface area contributed by atoms with E-state index in [1.165, 1.54) is 66.1 Å². The molecule has 0 bridgehead atoms. The van der Waals surface area contributed by atoms with Gasteiger partial charge in [-0.05, 0) is 90.8 Å². The highest BCUT2D eigenvalue weighted by Gasteiger charge is 2.22. The lowest BCUT2D eigenvalue weighted by atomic mass is 9.87. The molecular formula is C50H35N. The van der Waals surface area contributed by atoms with Crippen molar-refractivity contribution in [1.29, 1.82) is 0 Å². The zero-order valence-electron chi connectivity index (χ0n) is 28.2. The van der Waals surface area contributed by atoms with Crippen LogP contribution in [0.2, 0.25) is 0 Å². The Kier molecular flexibility index (Phi) is 7.92. The van der Waals surface area contributed by atoms with E-state index in [0.717, 1.165) is 17.1 Å². The van der Waals surface area contributed by atoms with Crippen LogP contribution >= 0.6 is 0 Å². The summed E-state index contributed by atoms with van der Waals surface area (Å²) >= 11 is 0. The zero-order chi connectivity index (χ0) is 34.0. The summed E-state index contributed by atoms with van der Waals surface area (Å²) < 4.78 is 0. The maximum absolute atomic E-state index is 2.43. The first kappa shape index (κ1) is 30.4. The summed E-state index contributed by atoms with van der Waals surface area (Å²) in [5.74, 6) is 0. The van der Waals surface area contributed by atoms with Crippen molar-refractivity contribution in [2.45, 2.75) is 0 Å². The third-order valence-corrected chi connectivity index (χ3v) is 9.89. The Hall–Kier alpha value is -6.70. The fraction of sp³-hybridized carbons (Fsp3) is 0. The molecule has 0 atom stereocenters. The fourth-order valence-electron chi connectivity index (χ4n) is 7.43. The first-order chi connectivity index (χ1) is 25.3. The summed E-state index contributed by atoms with van der Waals surface area (Å²) in [6.07, 6.45) is 0. The van der Waals surface area contributed by atoms with Gasteiger partial charge in [-0.3, -0.25) is 0 Å². The van der Waals surface area contributed by atoms with E-state index in [9.17, 15) is 0 Å². The summed E-state index contributed by atoms with van der Waals surface area (Å²) in [7, 11) is 0. The molecule has 1 nitrogen and oxygen atoms in total. The average molecular weight is 650 g/mol. The third kappa shape index (κ3) is 5.75. The molecule has 0 unspecified atom stereocenters. The molecule has 51 heavy (non-hydrogen) atoms. The van der Waals surface area contributed by atoms with Crippen LogP contribution in [0.5, 0.6) is 0 Å². The Balaban J connectivity index is 1.32. The Morgan fingerprint density at radius 2 is 0.647 bits per heavy atom. The first-order valence-electron chi connectivity index (χ1n) is 17.5. The molecular weight excluding hydrogens is 615 g/mol. The number of rotatable bonds is 7. The standard InChI is InChI=1S/C50H35N/c1-3-14-36(15-4-1)38-28-32-42(33-29-38)51(43-34-30-39(31-35-43)37-16-5-2-6-17-37)49-27-13-26-48(46-24-11-20-40-18-7-9-22-44(40)46)50(49)47-25-12-21-41-19-8-10-23-45(41)47/h1-35H. The van der Waals surface area contributed by atoms with Crippen molar-refractivity contribution < 1.29 is 0 Å². The number of anilines is 3. The molecule has 0 saturated heterocycles. The van der Waals surface area contributed by atoms with Crippen molar-refractivity contribution >= 4 is 38.6 Å². The summed E-state index contributed by atoms with van der Waals surface area (Å²) in [5.41, 5.74) is 12.9. The summed E-state index contributed by atoms with van der Waals surface area (Å²) in [5, 5.41) is 4.92. The van der Waals surface area contributed by atoms with Gasteiger partial charge in [-0.15, -0.1) is 0 Å². The van der Waals surface area contributed by atoms with E-state index in [1.54, 1.807) is 0 Å². The highest BCUT2D eigenvalue weighted by molar-refractivity contribution is 6.09. The fourth-order valence-corrected chi connectivity index (χ4v) is 7.43. The van der Waals surface area contributed by atoms with Crippen LogP contribution in [0.15, 0.2) is 212 Å². The molecule has 9 aromatic rings. The molecule has 0 heterocycles. The maximum atomic E-state index is 2.43. The van der Waals surface area contributed by atoms with Crippen LogP contribution < -0.4 is 4.90 Å². The minimum atomic E-state index is 1.10. The topological polar surface area (TPSA) is 3.24 Å². The molecule has 0 aliphatic heterocycles. The van der Waals surface area contributed by atoms with Crippen molar-refractivity contribution in [3.05, 3.63) is 212 Å². The molecule has 240 valence electrons. The number of nitrogens with zero attached hydrogens (tertiary/aromatic N) is 1. The average Bonchev–Trinajstić information content (AvgIpc) is 3.22. The Morgan fingerprint density at radius 3 is 1.20 bits per heavy atom. The van der Waals surface area contributed by atoms with Crippen LogP contribution in [-0.4, -0.2) is 0 Å². The predicted octanol–water partition coefficient (Wildman–Crippen LogP) is 14.1. The van der Waals surface area contributed by atoms with Gasteiger partial charge in [-0.25, -0.2) is 0 Å². The lowest BCUT2D eigenvalue weighted by Gasteiger charge is -2.30. The monoisotopic (exact) mass is 649 g/mol. The van der Waals surface area contributed by atoms with Crippen molar-refractivity contribution in [2.24, 2.45) is 0 Å². The molecule has 0 amide bonds. The van der Waals surface area contributed by atoms with Crippen LogP contribution in [-0.2, 0) is 0 Å². The zero-order valence-corrected chi connectivity index (χ0v) is 28.2.